The number of nitrogens with zero attached hydrogens (tertiary/aromatic N) is 3. The fourth-order valence-corrected chi connectivity index (χ4v) is 3.76. The van der Waals surface area contributed by atoms with E-state index in [2.05, 4.69) is 0 Å². The summed E-state index contributed by atoms with van der Waals surface area (Å²) in [5.74, 6) is 0.772. The number of aromatic nitrogens is 2. The zero-order valence-electron chi connectivity index (χ0n) is 18.2. The molecular formula is C23H25Cl2N3O4. The number of rotatable bonds is 9. The van der Waals surface area contributed by atoms with Gasteiger partial charge in [0.15, 0.2) is 6.61 Å². The molecule has 0 spiro atoms. The Hall–Kier alpha value is -2.61. The third-order valence-electron chi connectivity index (χ3n) is 5.14. The highest BCUT2D eigenvalue weighted by Gasteiger charge is 2.26. The lowest BCUT2D eigenvalue weighted by Crippen LogP contribution is -2.41. The molecule has 1 heterocycles. The monoisotopic (exact) mass is 477 g/mol. The lowest BCUT2D eigenvalue weighted by atomic mass is 10.2. The topological polar surface area (TPSA) is 73.7 Å². The van der Waals surface area contributed by atoms with E-state index in [1.807, 2.05) is 13.8 Å². The van der Waals surface area contributed by atoms with Gasteiger partial charge >= 0.3 is 0 Å². The van der Waals surface area contributed by atoms with Crippen LogP contribution in [0.3, 0.4) is 0 Å². The predicted octanol–water partition coefficient (Wildman–Crippen LogP) is 4.34. The summed E-state index contributed by atoms with van der Waals surface area (Å²) >= 11 is 12.0. The van der Waals surface area contributed by atoms with Crippen LogP contribution < -0.4 is 10.3 Å². The van der Waals surface area contributed by atoms with Crippen molar-refractivity contribution in [2.75, 3.05) is 26.9 Å². The highest BCUT2D eigenvalue weighted by Crippen LogP contribution is 2.22. The number of fused-ring (bicyclic) bond motifs is 1. The molecular weight excluding hydrogens is 453 g/mol. The predicted molar refractivity (Wildman–Crippen MR) is 126 cm³/mol. The Morgan fingerprint density at radius 3 is 2.50 bits per heavy atom. The van der Waals surface area contributed by atoms with Gasteiger partial charge in [0.25, 0.3) is 11.5 Å². The molecule has 2 aromatic carbocycles. The van der Waals surface area contributed by atoms with Gasteiger partial charge in [-0.25, -0.2) is 4.98 Å². The van der Waals surface area contributed by atoms with Gasteiger partial charge in [0.2, 0.25) is 0 Å². The third-order valence-corrected chi connectivity index (χ3v) is 5.62. The molecule has 0 aliphatic heterocycles. The van der Waals surface area contributed by atoms with Crippen LogP contribution in [-0.4, -0.2) is 47.2 Å². The largest absolute Gasteiger partial charge is 0.484 e. The van der Waals surface area contributed by atoms with Crippen molar-refractivity contribution in [3.63, 3.8) is 0 Å². The van der Waals surface area contributed by atoms with E-state index in [9.17, 15) is 9.59 Å². The number of methoxy groups -OCH3 is 1. The van der Waals surface area contributed by atoms with Crippen LogP contribution in [0.4, 0.5) is 0 Å². The normalized spacial score (nSPS) is 12.0. The van der Waals surface area contributed by atoms with Crippen LogP contribution in [0.2, 0.25) is 10.0 Å². The SMILES string of the molecule is CCn1c(C(C)N(CCOC)C(=O)COc2ccc(Cl)cc2)nc2ccc(Cl)cc2c1=O. The third kappa shape index (κ3) is 5.41. The Labute approximate surface area is 196 Å². The summed E-state index contributed by atoms with van der Waals surface area (Å²) in [5, 5.41) is 1.49. The van der Waals surface area contributed by atoms with Gasteiger partial charge in [-0.05, 0) is 56.3 Å². The van der Waals surface area contributed by atoms with Gasteiger partial charge in [0.05, 0.1) is 23.6 Å². The average Bonchev–Trinajstić information content (AvgIpc) is 2.79. The van der Waals surface area contributed by atoms with Crippen LogP contribution in [-0.2, 0) is 16.1 Å². The van der Waals surface area contributed by atoms with Crippen LogP contribution >= 0.6 is 23.2 Å². The van der Waals surface area contributed by atoms with Gasteiger partial charge in [-0.2, -0.15) is 0 Å². The number of ether oxygens (including phenoxy) is 2. The molecule has 0 N–H and O–H groups in total. The summed E-state index contributed by atoms with van der Waals surface area (Å²) in [7, 11) is 1.57. The first kappa shape index (κ1) is 24.0. The minimum atomic E-state index is -0.487. The molecule has 0 saturated carbocycles. The zero-order chi connectivity index (χ0) is 23.3. The molecule has 9 heteroatoms. The molecule has 0 saturated heterocycles. The van der Waals surface area contributed by atoms with E-state index in [0.717, 1.165) is 0 Å². The molecule has 3 rings (SSSR count). The Bertz CT molecular complexity index is 1150. The van der Waals surface area contributed by atoms with Crippen LogP contribution in [0.5, 0.6) is 5.75 Å². The molecule has 1 aromatic heterocycles. The quantitative estimate of drug-likeness (QED) is 0.458. The summed E-state index contributed by atoms with van der Waals surface area (Å²) in [6.07, 6.45) is 0. The van der Waals surface area contributed by atoms with Gasteiger partial charge in [-0.3, -0.25) is 14.2 Å². The van der Waals surface area contributed by atoms with Gasteiger partial charge in [-0.15, -0.1) is 0 Å². The summed E-state index contributed by atoms with van der Waals surface area (Å²) in [4.78, 5) is 32.5. The molecule has 0 radical (unpaired) electrons. The van der Waals surface area contributed by atoms with Crippen LogP contribution in [0.1, 0.15) is 25.7 Å². The highest BCUT2D eigenvalue weighted by molar-refractivity contribution is 6.31. The maximum Gasteiger partial charge on any atom is 0.261 e. The van der Waals surface area contributed by atoms with E-state index in [1.54, 1.807) is 59.0 Å². The smallest absolute Gasteiger partial charge is 0.261 e. The fraction of sp³-hybridized carbons (Fsp3) is 0.348. The van der Waals surface area contributed by atoms with E-state index in [4.69, 9.17) is 37.7 Å². The summed E-state index contributed by atoms with van der Waals surface area (Å²) in [6.45, 7) is 4.58. The summed E-state index contributed by atoms with van der Waals surface area (Å²) < 4.78 is 12.4. The number of hydrogen-bond acceptors (Lipinski definition) is 5. The lowest BCUT2D eigenvalue weighted by Gasteiger charge is -2.30. The molecule has 0 fully saturated rings. The number of hydrogen-bond donors (Lipinski definition) is 0. The Kier molecular flexibility index (Phi) is 8.12. The Morgan fingerprint density at radius 2 is 1.84 bits per heavy atom. The molecule has 0 aliphatic rings. The van der Waals surface area contributed by atoms with E-state index in [0.29, 0.717) is 52.2 Å². The van der Waals surface area contributed by atoms with Crippen molar-refractivity contribution in [1.82, 2.24) is 14.5 Å². The number of benzene rings is 2. The van der Waals surface area contributed by atoms with E-state index >= 15 is 0 Å². The van der Waals surface area contributed by atoms with Gasteiger partial charge in [-0.1, -0.05) is 23.2 Å². The maximum atomic E-state index is 13.1. The van der Waals surface area contributed by atoms with E-state index in [1.165, 1.54) is 0 Å². The van der Waals surface area contributed by atoms with Gasteiger partial charge in [0.1, 0.15) is 11.6 Å². The van der Waals surface area contributed by atoms with Crippen molar-refractivity contribution in [3.05, 3.63) is 68.7 Å². The number of carbonyl (C=O) groups is 1. The molecule has 0 bridgehead atoms. The van der Waals surface area contributed by atoms with Crippen molar-refractivity contribution in [1.29, 1.82) is 0 Å². The lowest BCUT2D eigenvalue weighted by molar-refractivity contribution is -0.136. The molecule has 1 unspecified atom stereocenters. The molecule has 170 valence electrons. The average molecular weight is 478 g/mol. The number of amides is 1. The second-order valence-electron chi connectivity index (χ2n) is 7.18. The van der Waals surface area contributed by atoms with Crippen molar-refractivity contribution in [2.45, 2.75) is 26.4 Å². The molecule has 1 atom stereocenters. The first-order valence-electron chi connectivity index (χ1n) is 10.2. The van der Waals surface area contributed by atoms with Gasteiger partial charge in [0, 0.05) is 30.2 Å². The number of halogens is 2. The van der Waals surface area contributed by atoms with Crippen molar-refractivity contribution in [3.8, 4) is 5.75 Å². The van der Waals surface area contributed by atoms with Crippen LogP contribution in [0, 0.1) is 0 Å². The van der Waals surface area contributed by atoms with Crippen LogP contribution in [0.15, 0.2) is 47.3 Å². The van der Waals surface area contributed by atoms with Crippen molar-refractivity contribution >= 4 is 40.0 Å². The fourth-order valence-electron chi connectivity index (χ4n) is 3.46. The summed E-state index contributed by atoms with van der Waals surface area (Å²) in [5.41, 5.74) is 0.334. The Balaban J connectivity index is 1.92. The molecule has 7 nitrogen and oxygen atoms in total. The molecule has 3 aromatic rings. The first-order chi connectivity index (χ1) is 15.3. The van der Waals surface area contributed by atoms with Crippen molar-refractivity contribution < 1.29 is 14.3 Å². The second kappa shape index (κ2) is 10.8. The minimum absolute atomic E-state index is 0.171. The first-order valence-corrected chi connectivity index (χ1v) is 11.0. The minimum Gasteiger partial charge on any atom is -0.484 e. The highest BCUT2D eigenvalue weighted by atomic mass is 35.5. The second-order valence-corrected chi connectivity index (χ2v) is 8.05. The van der Waals surface area contributed by atoms with Gasteiger partial charge < -0.3 is 14.4 Å². The number of carbonyl (C=O) groups excluding carboxylic acids is 1. The van der Waals surface area contributed by atoms with Crippen molar-refractivity contribution in [2.24, 2.45) is 0 Å². The van der Waals surface area contributed by atoms with E-state index < -0.39 is 6.04 Å². The zero-order valence-corrected chi connectivity index (χ0v) is 19.7. The van der Waals surface area contributed by atoms with Crippen LogP contribution in [0.25, 0.3) is 10.9 Å². The molecule has 0 aliphatic carbocycles. The van der Waals surface area contributed by atoms with E-state index in [-0.39, 0.29) is 18.1 Å². The standard InChI is InChI=1S/C23H25Cl2N3O4/c1-4-27-22(26-20-10-7-17(25)13-19(20)23(27)30)15(2)28(11-12-31-3)21(29)14-32-18-8-5-16(24)6-9-18/h5-10,13,15H,4,11-12,14H2,1-3H3. The summed E-state index contributed by atoms with van der Waals surface area (Å²) in [6, 6.07) is 11.3. The molecule has 1 amide bonds. The Morgan fingerprint density at radius 1 is 1.16 bits per heavy atom. The molecule has 32 heavy (non-hydrogen) atoms. The maximum absolute atomic E-state index is 13.1.